The highest BCUT2D eigenvalue weighted by molar-refractivity contribution is 6.30. The van der Waals surface area contributed by atoms with Gasteiger partial charge in [0.15, 0.2) is 17.3 Å². The van der Waals surface area contributed by atoms with Gasteiger partial charge in [0.25, 0.3) is 5.91 Å². The molecule has 7 nitrogen and oxygen atoms in total. The second kappa shape index (κ2) is 9.91. The Labute approximate surface area is 239 Å². The van der Waals surface area contributed by atoms with Crippen molar-refractivity contribution in [3.8, 4) is 5.75 Å². The maximum Gasteiger partial charge on any atom is 0.259 e. The van der Waals surface area contributed by atoms with Crippen molar-refractivity contribution in [2.75, 3.05) is 5.32 Å². The summed E-state index contributed by atoms with van der Waals surface area (Å²) in [5.41, 5.74) is 1.93. The highest BCUT2D eigenvalue weighted by atomic mass is 16.3. The fourth-order valence-electron chi connectivity index (χ4n) is 5.43. The predicted octanol–water partition coefficient (Wildman–Crippen LogP) is 8.14. The molecule has 200 valence electrons. The van der Waals surface area contributed by atoms with Gasteiger partial charge in [-0.1, -0.05) is 97.1 Å². The van der Waals surface area contributed by atoms with E-state index in [9.17, 15) is 19.5 Å². The zero-order valence-corrected chi connectivity index (χ0v) is 22.0. The third-order valence-electron chi connectivity index (χ3n) is 7.47. The number of azo groups is 1. The van der Waals surface area contributed by atoms with Gasteiger partial charge in [0.2, 0.25) is 0 Å². The van der Waals surface area contributed by atoms with Crippen LogP contribution in [0.2, 0.25) is 0 Å². The number of phenols is 1. The number of ketones is 2. The average Bonchev–Trinajstić information content (AvgIpc) is 3.03. The van der Waals surface area contributed by atoms with Gasteiger partial charge in [0.1, 0.15) is 5.69 Å². The van der Waals surface area contributed by atoms with Crippen LogP contribution in [-0.2, 0) is 0 Å². The predicted molar refractivity (Wildman–Crippen MR) is 161 cm³/mol. The first-order valence-electron chi connectivity index (χ1n) is 13.3. The minimum atomic E-state index is -0.513. The van der Waals surface area contributed by atoms with Crippen LogP contribution >= 0.6 is 0 Å². The van der Waals surface area contributed by atoms with E-state index in [-0.39, 0.29) is 45.4 Å². The summed E-state index contributed by atoms with van der Waals surface area (Å²) in [5, 5.41) is 26.0. The van der Waals surface area contributed by atoms with E-state index < -0.39 is 5.91 Å². The summed E-state index contributed by atoms with van der Waals surface area (Å²) in [6.07, 6.45) is 0. The number of hydrogen-bond donors (Lipinski definition) is 2. The maximum atomic E-state index is 13.5. The van der Waals surface area contributed by atoms with Crippen LogP contribution in [0.5, 0.6) is 5.75 Å². The van der Waals surface area contributed by atoms with E-state index in [1.54, 1.807) is 66.7 Å². The van der Waals surface area contributed by atoms with Gasteiger partial charge in [0.05, 0.1) is 16.8 Å². The maximum absolute atomic E-state index is 13.5. The number of hydrogen-bond acceptors (Lipinski definition) is 6. The molecule has 0 saturated heterocycles. The largest absolute Gasteiger partial charge is 0.505 e. The van der Waals surface area contributed by atoms with Crippen LogP contribution in [0.4, 0.5) is 17.1 Å². The van der Waals surface area contributed by atoms with E-state index in [0.29, 0.717) is 27.6 Å². The Morgan fingerprint density at radius 1 is 0.619 bits per heavy atom. The minimum absolute atomic E-state index is 0.0193. The highest BCUT2D eigenvalue weighted by Crippen LogP contribution is 2.41. The summed E-state index contributed by atoms with van der Waals surface area (Å²) in [6, 6.07) is 33.6. The number of fused-ring (bicyclic) bond motifs is 4. The monoisotopic (exact) mass is 547 g/mol. The molecule has 6 aromatic carbocycles. The van der Waals surface area contributed by atoms with Crippen LogP contribution in [0, 0.1) is 0 Å². The Morgan fingerprint density at radius 3 is 2.05 bits per heavy atom. The summed E-state index contributed by atoms with van der Waals surface area (Å²) in [7, 11) is 0. The van der Waals surface area contributed by atoms with Crippen molar-refractivity contribution in [2.45, 2.75) is 0 Å². The molecule has 0 bridgehead atoms. The van der Waals surface area contributed by atoms with Gasteiger partial charge < -0.3 is 10.4 Å². The fraction of sp³-hybridized carbons (Fsp3) is 0. The third-order valence-corrected chi connectivity index (χ3v) is 7.47. The van der Waals surface area contributed by atoms with Crippen molar-refractivity contribution < 1.29 is 19.5 Å². The number of phenolic OH excluding ortho intramolecular Hbond substituents is 1. The molecule has 7 heteroatoms. The van der Waals surface area contributed by atoms with Crippen LogP contribution in [-0.4, -0.2) is 22.6 Å². The quantitative estimate of drug-likeness (QED) is 0.217. The zero-order chi connectivity index (χ0) is 28.8. The van der Waals surface area contributed by atoms with E-state index in [2.05, 4.69) is 15.5 Å². The summed E-state index contributed by atoms with van der Waals surface area (Å²) in [4.78, 5) is 40.1. The van der Waals surface area contributed by atoms with Crippen LogP contribution in [0.15, 0.2) is 125 Å². The summed E-state index contributed by atoms with van der Waals surface area (Å²) in [6.45, 7) is 0. The number of benzene rings is 6. The Kier molecular flexibility index (Phi) is 5.91. The number of amides is 1. The van der Waals surface area contributed by atoms with Crippen molar-refractivity contribution >= 4 is 56.1 Å². The lowest BCUT2D eigenvalue weighted by Gasteiger charge is -2.18. The normalized spacial score (nSPS) is 12.5. The van der Waals surface area contributed by atoms with Gasteiger partial charge in [-0.15, -0.1) is 10.2 Å². The molecule has 0 aromatic heterocycles. The third kappa shape index (κ3) is 4.03. The van der Waals surface area contributed by atoms with Crippen molar-refractivity contribution in [1.29, 1.82) is 0 Å². The molecular formula is C35H21N3O4. The molecule has 0 spiro atoms. The summed E-state index contributed by atoms with van der Waals surface area (Å²) in [5.74, 6) is -1.46. The van der Waals surface area contributed by atoms with Gasteiger partial charge in [0, 0.05) is 33.2 Å². The number of aromatic hydroxyl groups is 1. The number of rotatable bonds is 4. The van der Waals surface area contributed by atoms with E-state index in [4.69, 9.17) is 0 Å². The lowest BCUT2D eigenvalue weighted by Crippen LogP contribution is -2.20. The molecule has 0 heterocycles. The number of carbonyl (C=O) groups is 3. The molecule has 42 heavy (non-hydrogen) atoms. The van der Waals surface area contributed by atoms with E-state index >= 15 is 0 Å². The topological polar surface area (TPSA) is 108 Å². The fourth-order valence-corrected chi connectivity index (χ4v) is 5.43. The van der Waals surface area contributed by atoms with Crippen molar-refractivity contribution in [3.63, 3.8) is 0 Å². The molecule has 0 fully saturated rings. The van der Waals surface area contributed by atoms with Crippen LogP contribution in [0.1, 0.15) is 42.2 Å². The molecule has 2 N–H and O–H groups in total. The number of nitrogens with one attached hydrogen (secondary N) is 1. The Hall–Kier alpha value is -5.95. The zero-order valence-electron chi connectivity index (χ0n) is 22.0. The number of anilines is 1. The van der Waals surface area contributed by atoms with Gasteiger partial charge in [-0.25, -0.2) is 0 Å². The second-order valence-electron chi connectivity index (χ2n) is 9.93. The molecule has 0 unspecified atom stereocenters. The minimum Gasteiger partial charge on any atom is -0.505 e. The van der Waals surface area contributed by atoms with Crippen LogP contribution in [0.3, 0.4) is 0 Å². The first-order chi connectivity index (χ1) is 20.5. The van der Waals surface area contributed by atoms with Gasteiger partial charge in [-0.2, -0.15) is 0 Å². The van der Waals surface area contributed by atoms with E-state index in [0.717, 1.165) is 10.8 Å². The molecule has 0 radical (unpaired) electrons. The Balaban J connectivity index is 1.32. The van der Waals surface area contributed by atoms with Crippen molar-refractivity contribution in [2.24, 2.45) is 10.2 Å². The molecule has 6 aromatic rings. The molecule has 7 rings (SSSR count). The Morgan fingerprint density at radius 2 is 1.24 bits per heavy atom. The molecule has 1 amide bonds. The van der Waals surface area contributed by atoms with Gasteiger partial charge >= 0.3 is 0 Å². The smallest absolute Gasteiger partial charge is 0.259 e. The van der Waals surface area contributed by atoms with Gasteiger partial charge in [-0.3, -0.25) is 14.4 Å². The molecule has 0 aliphatic heterocycles. The lowest BCUT2D eigenvalue weighted by atomic mass is 9.83. The molecule has 1 aliphatic rings. The van der Waals surface area contributed by atoms with Crippen LogP contribution in [0.25, 0.3) is 21.5 Å². The molecular weight excluding hydrogens is 526 g/mol. The number of carbonyl (C=O) groups excluding carboxylic acids is 3. The van der Waals surface area contributed by atoms with Crippen molar-refractivity contribution in [3.05, 3.63) is 143 Å². The SMILES string of the molecule is O=C(Nc1cccc2ccccc12)c1cc2ccccc2c(N=Nc2cccc3c2C(=O)c2ccccc2C3=O)c1O. The summed E-state index contributed by atoms with van der Waals surface area (Å²) >= 11 is 0. The second-order valence-corrected chi connectivity index (χ2v) is 9.93. The summed E-state index contributed by atoms with van der Waals surface area (Å²) < 4.78 is 0. The van der Waals surface area contributed by atoms with E-state index in [1.807, 2.05) is 48.5 Å². The molecule has 0 saturated carbocycles. The molecule has 0 atom stereocenters. The first kappa shape index (κ1) is 25.0. The molecule has 1 aliphatic carbocycles. The highest BCUT2D eigenvalue weighted by Gasteiger charge is 2.31. The van der Waals surface area contributed by atoms with E-state index in [1.165, 1.54) is 0 Å². The lowest BCUT2D eigenvalue weighted by molar-refractivity contribution is 0.0979. The van der Waals surface area contributed by atoms with Gasteiger partial charge in [-0.05, 0) is 29.0 Å². The van der Waals surface area contributed by atoms with Crippen molar-refractivity contribution in [1.82, 2.24) is 0 Å². The van der Waals surface area contributed by atoms with Crippen LogP contribution < -0.4 is 5.32 Å². The number of nitrogens with zero attached hydrogens (tertiary/aromatic N) is 2. The first-order valence-corrected chi connectivity index (χ1v) is 13.3. The Bertz CT molecular complexity index is 2140. The standard InChI is InChI=1S/C35H21N3O4/c39-32-24-14-5-6-15-25(24)33(40)30-26(32)16-8-18-29(30)37-38-31-23-13-4-2-10-21(23)19-27(34(31)41)35(42)36-28-17-7-11-20-9-1-3-12-22(20)28/h1-19,41H,(H,36,42). The average molecular weight is 548 g/mol.